The van der Waals surface area contributed by atoms with Crippen LogP contribution in [0.25, 0.3) is 38.9 Å². The van der Waals surface area contributed by atoms with E-state index in [-0.39, 0.29) is 39.3 Å². The van der Waals surface area contributed by atoms with Crippen LogP contribution in [0, 0.1) is 17.6 Å². The number of halogens is 10. The minimum absolute atomic E-state index is 0.0709. The van der Waals surface area contributed by atoms with Crippen molar-refractivity contribution in [3.63, 3.8) is 0 Å². The normalized spacial score (nSPS) is 17.0. The zero-order valence-electron chi connectivity index (χ0n) is 34.5. The van der Waals surface area contributed by atoms with Crippen molar-refractivity contribution in [2.24, 2.45) is 5.92 Å². The molecule has 25 heteroatoms. The van der Waals surface area contributed by atoms with Gasteiger partial charge in [-0.3, -0.25) is 28.2 Å². The van der Waals surface area contributed by atoms with Crippen molar-refractivity contribution < 1.29 is 52.7 Å². The minimum atomic E-state index is -5.02. The topological polar surface area (TPSA) is 172 Å². The van der Waals surface area contributed by atoms with Gasteiger partial charge in [0, 0.05) is 41.4 Å². The molecule has 2 aliphatic carbocycles. The SMILES string of the molecule is CCc1ccnc(-c2ccc3c(=O)n(-c4ccc(Cl)c5c(NS(C)(=O)=O)nn(CC(F)(F)F)c45)c([C@H](Cc4cc(F)cc(F)c4)NC(=O)Cn4nc(C(F)F)c5c4C(F)(F)[C@@H]4C[C@H]54)nc3c2)n1. The summed E-state index contributed by atoms with van der Waals surface area (Å²) in [6.45, 7) is -1.13. The van der Waals surface area contributed by atoms with E-state index in [4.69, 9.17) is 16.6 Å². The number of aryl methyl sites for hydroxylation is 1. The molecule has 2 aliphatic rings. The second-order valence-electron chi connectivity index (χ2n) is 16.1. The van der Waals surface area contributed by atoms with E-state index < -0.39 is 129 Å². The first-order chi connectivity index (χ1) is 31.5. The molecule has 0 saturated heterocycles. The molecule has 1 amide bonds. The van der Waals surface area contributed by atoms with E-state index >= 15 is 13.6 Å². The molecule has 350 valence electrons. The number of nitrogens with one attached hydrogen (secondary N) is 2. The average Bonchev–Trinajstić information content (AvgIpc) is 3.77. The fourth-order valence-corrected chi connectivity index (χ4v) is 9.38. The van der Waals surface area contributed by atoms with Crippen LogP contribution >= 0.6 is 11.6 Å². The number of sulfonamides is 1. The van der Waals surface area contributed by atoms with E-state index in [0.29, 0.717) is 39.4 Å². The summed E-state index contributed by atoms with van der Waals surface area (Å²) >= 11 is 6.52. The van der Waals surface area contributed by atoms with E-state index in [2.05, 4.69) is 25.5 Å². The Bertz CT molecular complexity index is 3340. The molecule has 4 heterocycles. The summed E-state index contributed by atoms with van der Waals surface area (Å²) in [5.74, 6) is -10.2. The number of nitrogens with zero attached hydrogens (tertiary/aromatic N) is 8. The van der Waals surface area contributed by atoms with Crippen molar-refractivity contribution in [2.45, 2.75) is 69.8 Å². The summed E-state index contributed by atoms with van der Waals surface area (Å²) in [7, 11) is -4.24. The second-order valence-corrected chi connectivity index (χ2v) is 18.3. The zero-order chi connectivity index (χ0) is 48.1. The number of carbonyl (C=O) groups excluding carboxylic acids is 1. The van der Waals surface area contributed by atoms with E-state index in [1.54, 1.807) is 6.07 Å². The number of anilines is 1. The van der Waals surface area contributed by atoms with Crippen molar-refractivity contribution in [3.05, 3.63) is 122 Å². The molecule has 0 radical (unpaired) electrons. The lowest BCUT2D eigenvalue weighted by atomic mass is 10.0. The Morgan fingerprint density at radius 2 is 1.73 bits per heavy atom. The van der Waals surface area contributed by atoms with Gasteiger partial charge in [-0.2, -0.15) is 32.1 Å². The van der Waals surface area contributed by atoms with Crippen LogP contribution in [0.1, 0.15) is 65.8 Å². The van der Waals surface area contributed by atoms with Crippen LogP contribution in [-0.4, -0.2) is 65.8 Å². The summed E-state index contributed by atoms with van der Waals surface area (Å²) in [5.41, 5.74) is -3.59. The van der Waals surface area contributed by atoms with E-state index in [1.165, 1.54) is 24.4 Å². The van der Waals surface area contributed by atoms with Gasteiger partial charge in [-0.1, -0.05) is 24.6 Å². The van der Waals surface area contributed by atoms with Crippen molar-refractivity contribution in [1.29, 1.82) is 0 Å². The molecule has 1 saturated carbocycles. The standard InChI is InChI=1S/C42H32ClF9N10O4S/c1-3-22-8-9-53-37(54-22)19-4-5-23-27(13-19)56-39(62(40(23)64)29-7-6-26(43)32-34(29)61(17-41(48,49)50)58-38(32)59-67(2,65)66)28(12-18-10-20(44)14-21(45)11-18)55-30(63)16-60-35-31(33(57-60)36(46)47)24-15-25(24)42(35,51)52/h4-11,13-14,24-25,28,36H,3,12,15-17H2,1-2H3,(H,55,63)(H,58,59)/t24-,25+,28-/m0/s1. The van der Waals surface area contributed by atoms with E-state index in [0.717, 1.165) is 28.8 Å². The molecule has 3 atom stereocenters. The third-order valence-corrected chi connectivity index (χ3v) is 12.3. The Balaban J connectivity index is 1.29. The molecule has 9 rings (SSSR count). The second kappa shape index (κ2) is 16.3. The zero-order valence-corrected chi connectivity index (χ0v) is 36.1. The van der Waals surface area contributed by atoms with Gasteiger partial charge in [0.05, 0.1) is 44.8 Å². The van der Waals surface area contributed by atoms with Gasteiger partial charge < -0.3 is 5.32 Å². The van der Waals surface area contributed by atoms with Gasteiger partial charge in [0.1, 0.15) is 41.9 Å². The predicted octanol–water partition coefficient (Wildman–Crippen LogP) is 8.06. The number of carbonyl (C=O) groups is 1. The maximum atomic E-state index is 15.6. The Morgan fingerprint density at radius 3 is 2.40 bits per heavy atom. The minimum Gasteiger partial charge on any atom is -0.344 e. The maximum Gasteiger partial charge on any atom is 0.408 e. The number of hydrogen-bond acceptors (Lipinski definition) is 9. The Labute approximate surface area is 376 Å². The molecule has 2 N–H and O–H groups in total. The highest BCUT2D eigenvalue weighted by atomic mass is 35.5. The number of aromatic nitrogens is 8. The first-order valence-corrected chi connectivity index (χ1v) is 22.4. The Kier molecular flexibility index (Phi) is 11.1. The molecule has 0 unspecified atom stereocenters. The predicted molar refractivity (Wildman–Crippen MR) is 223 cm³/mol. The third-order valence-electron chi connectivity index (χ3n) is 11.4. The average molecular weight is 979 g/mol. The molecular formula is C42H32ClF9N10O4S. The molecule has 67 heavy (non-hydrogen) atoms. The number of fused-ring (bicyclic) bond motifs is 5. The number of benzene rings is 3. The lowest BCUT2D eigenvalue weighted by Gasteiger charge is -2.24. The van der Waals surface area contributed by atoms with Crippen molar-refractivity contribution in [1.82, 2.24) is 44.4 Å². The van der Waals surface area contributed by atoms with Crippen LogP contribution in [0.4, 0.5) is 45.3 Å². The summed E-state index contributed by atoms with van der Waals surface area (Å²) in [6.07, 6.45) is -6.31. The fourth-order valence-electron chi connectivity index (χ4n) is 8.64. The van der Waals surface area contributed by atoms with Gasteiger partial charge in [-0.25, -0.2) is 40.9 Å². The van der Waals surface area contributed by atoms with Gasteiger partial charge >= 0.3 is 6.18 Å². The van der Waals surface area contributed by atoms with Crippen LogP contribution in [0.15, 0.2) is 65.6 Å². The monoisotopic (exact) mass is 978 g/mol. The van der Waals surface area contributed by atoms with Crippen molar-refractivity contribution in [2.75, 3.05) is 11.0 Å². The molecule has 14 nitrogen and oxygen atoms in total. The number of hydrogen-bond donors (Lipinski definition) is 2. The summed E-state index contributed by atoms with van der Waals surface area (Å²) in [6, 6.07) is 8.57. The highest BCUT2D eigenvalue weighted by Crippen LogP contribution is 2.68. The lowest BCUT2D eigenvalue weighted by Crippen LogP contribution is -2.38. The number of rotatable bonds is 13. The molecule has 3 aromatic carbocycles. The van der Waals surface area contributed by atoms with Crippen LogP contribution in [-0.2, 0) is 46.7 Å². The first kappa shape index (κ1) is 45.6. The van der Waals surface area contributed by atoms with Gasteiger partial charge in [-0.05, 0) is 66.8 Å². The summed E-state index contributed by atoms with van der Waals surface area (Å²) in [5, 5.41) is 9.15. The van der Waals surface area contributed by atoms with Gasteiger partial charge in [-0.15, -0.1) is 0 Å². The van der Waals surface area contributed by atoms with Gasteiger partial charge in [0.25, 0.3) is 17.9 Å². The molecular weight excluding hydrogens is 947 g/mol. The Morgan fingerprint density at radius 1 is 1.00 bits per heavy atom. The number of alkyl halides is 7. The highest BCUT2D eigenvalue weighted by molar-refractivity contribution is 7.92. The summed E-state index contributed by atoms with van der Waals surface area (Å²) in [4.78, 5) is 42.8. The van der Waals surface area contributed by atoms with E-state index in [9.17, 15) is 43.9 Å². The fraction of sp³-hybridized carbons (Fsp3) is 0.310. The van der Waals surface area contributed by atoms with Crippen LogP contribution in [0.5, 0.6) is 0 Å². The number of amides is 1. The van der Waals surface area contributed by atoms with Gasteiger partial charge in [0.15, 0.2) is 11.6 Å². The van der Waals surface area contributed by atoms with Crippen LogP contribution < -0.4 is 15.6 Å². The molecule has 0 aliphatic heterocycles. The first-order valence-electron chi connectivity index (χ1n) is 20.2. The molecule has 0 bridgehead atoms. The molecule has 0 spiro atoms. The van der Waals surface area contributed by atoms with Crippen LogP contribution in [0.3, 0.4) is 0 Å². The van der Waals surface area contributed by atoms with Crippen LogP contribution in [0.2, 0.25) is 5.02 Å². The third kappa shape index (κ3) is 8.55. The largest absolute Gasteiger partial charge is 0.408 e. The molecule has 7 aromatic rings. The van der Waals surface area contributed by atoms with E-state index in [1.807, 2.05) is 11.6 Å². The summed E-state index contributed by atoms with van der Waals surface area (Å²) < 4.78 is 160. The molecule has 1 fully saturated rings. The van der Waals surface area contributed by atoms with Crippen molar-refractivity contribution in [3.8, 4) is 17.1 Å². The highest BCUT2D eigenvalue weighted by Gasteiger charge is 2.67. The van der Waals surface area contributed by atoms with Gasteiger partial charge in [0.2, 0.25) is 15.9 Å². The quantitative estimate of drug-likeness (QED) is 0.109. The lowest BCUT2D eigenvalue weighted by molar-refractivity contribution is -0.141. The molecule has 4 aromatic heterocycles. The Hall–Kier alpha value is -6.56. The smallest absolute Gasteiger partial charge is 0.344 e. The van der Waals surface area contributed by atoms with Crippen molar-refractivity contribution >= 4 is 55.2 Å². The maximum absolute atomic E-state index is 15.6.